The monoisotopic (exact) mass is 395 g/mol. The Morgan fingerprint density at radius 2 is 1.76 bits per heavy atom. The maximum absolute atomic E-state index is 13.0. The van der Waals surface area contributed by atoms with Gasteiger partial charge in [-0.05, 0) is 12.8 Å². The fourth-order valence-corrected chi connectivity index (χ4v) is 4.50. The van der Waals surface area contributed by atoms with E-state index < -0.39 is 0 Å². The van der Waals surface area contributed by atoms with Crippen LogP contribution in [0, 0.1) is 0 Å². The van der Waals surface area contributed by atoms with Crippen molar-refractivity contribution in [2.75, 3.05) is 41.8 Å². The average Bonchev–Trinajstić information content (AvgIpc) is 3.10. The van der Waals surface area contributed by atoms with Gasteiger partial charge in [0, 0.05) is 42.7 Å². The van der Waals surface area contributed by atoms with Gasteiger partial charge in [-0.2, -0.15) is 4.98 Å². The van der Waals surface area contributed by atoms with Crippen molar-refractivity contribution in [3.8, 4) is 11.3 Å². The second-order valence-corrected chi connectivity index (χ2v) is 7.84. The van der Waals surface area contributed by atoms with E-state index in [1.807, 2.05) is 4.90 Å². The zero-order valence-corrected chi connectivity index (χ0v) is 16.4. The summed E-state index contributed by atoms with van der Waals surface area (Å²) in [5.41, 5.74) is 8.01. The number of anilines is 3. The van der Waals surface area contributed by atoms with Crippen molar-refractivity contribution in [3.05, 3.63) is 18.0 Å². The number of carbonyl (C=O) groups is 1. The summed E-state index contributed by atoms with van der Waals surface area (Å²) in [7, 11) is 0. The van der Waals surface area contributed by atoms with Crippen molar-refractivity contribution in [3.63, 3.8) is 0 Å². The number of nitrogen functional groups attached to an aromatic ring is 1. The molecule has 9 nitrogen and oxygen atoms in total. The summed E-state index contributed by atoms with van der Waals surface area (Å²) in [6, 6.07) is 0.223. The molecule has 2 aliphatic heterocycles. The third kappa shape index (κ3) is 3.39. The third-order valence-electron chi connectivity index (χ3n) is 5.98. The van der Waals surface area contributed by atoms with Crippen LogP contribution in [0.25, 0.3) is 11.3 Å². The van der Waals surface area contributed by atoms with Gasteiger partial charge in [-0.1, -0.05) is 19.3 Å². The van der Waals surface area contributed by atoms with Crippen molar-refractivity contribution in [2.45, 2.75) is 44.6 Å². The number of nitrogens with zero attached hydrogens (tertiary/aromatic N) is 6. The number of hydrogen-bond donors (Lipinski definition) is 1. The number of morpholine rings is 1. The number of hydrogen-bond acceptors (Lipinski definition) is 8. The van der Waals surface area contributed by atoms with Crippen LogP contribution >= 0.6 is 0 Å². The predicted octanol–water partition coefficient (Wildman–Crippen LogP) is 1.57. The van der Waals surface area contributed by atoms with Crippen LogP contribution in [0.5, 0.6) is 0 Å². The second-order valence-electron chi connectivity index (χ2n) is 7.84. The van der Waals surface area contributed by atoms with Crippen LogP contribution in [-0.2, 0) is 16.0 Å². The van der Waals surface area contributed by atoms with Crippen LogP contribution in [0.3, 0.4) is 0 Å². The van der Waals surface area contributed by atoms with Crippen LogP contribution < -0.4 is 15.5 Å². The van der Waals surface area contributed by atoms with Gasteiger partial charge in [-0.25, -0.2) is 15.0 Å². The molecule has 3 aliphatic rings. The van der Waals surface area contributed by atoms with Gasteiger partial charge in [0.15, 0.2) is 0 Å². The summed E-state index contributed by atoms with van der Waals surface area (Å²) < 4.78 is 5.48. The van der Waals surface area contributed by atoms with Gasteiger partial charge in [0.05, 0.1) is 25.3 Å². The summed E-state index contributed by atoms with van der Waals surface area (Å²) in [5.74, 6) is 1.71. The minimum Gasteiger partial charge on any atom is -0.378 e. The van der Waals surface area contributed by atoms with E-state index in [1.165, 1.54) is 6.42 Å². The van der Waals surface area contributed by atoms with E-state index in [-0.39, 0.29) is 17.9 Å². The van der Waals surface area contributed by atoms with Crippen LogP contribution in [0.4, 0.5) is 17.7 Å². The minimum atomic E-state index is 0.109. The molecule has 0 atom stereocenters. The second kappa shape index (κ2) is 7.55. The van der Waals surface area contributed by atoms with Crippen molar-refractivity contribution < 1.29 is 9.53 Å². The van der Waals surface area contributed by atoms with Crippen LogP contribution in [0.2, 0.25) is 0 Å². The lowest BCUT2D eigenvalue weighted by Gasteiger charge is -2.32. The van der Waals surface area contributed by atoms with E-state index in [0.717, 1.165) is 61.4 Å². The highest BCUT2D eigenvalue weighted by Gasteiger charge is 2.38. The molecule has 0 bridgehead atoms. The standard InChI is InChI=1S/C20H25N7O2/c21-19-22-11-13(12-23-19)17-15-10-16(28)27(14-4-2-1-3-5-14)18(15)25-20(24-17)26-6-8-29-9-7-26/h11-12,14H,1-10H2,(H2,21,22,23). The Morgan fingerprint density at radius 3 is 2.48 bits per heavy atom. The van der Waals surface area contributed by atoms with Gasteiger partial charge in [0.2, 0.25) is 17.8 Å². The topological polar surface area (TPSA) is 110 Å². The summed E-state index contributed by atoms with van der Waals surface area (Å²) in [5, 5.41) is 0. The summed E-state index contributed by atoms with van der Waals surface area (Å²) in [6.45, 7) is 2.75. The smallest absolute Gasteiger partial charge is 0.233 e. The molecule has 2 aromatic rings. The first-order valence-corrected chi connectivity index (χ1v) is 10.3. The van der Waals surface area contributed by atoms with Crippen molar-refractivity contribution in [2.24, 2.45) is 0 Å². The lowest BCUT2D eigenvalue weighted by Crippen LogP contribution is -2.40. The first-order chi connectivity index (χ1) is 14.2. The summed E-state index contributed by atoms with van der Waals surface area (Å²) in [6.07, 6.45) is 9.26. The van der Waals surface area contributed by atoms with Gasteiger partial charge in [-0.15, -0.1) is 0 Å². The fraction of sp³-hybridized carbons (Fsp3) is 0.550. The molecular formula is C20H25N7O2. The van der Waals surface area contributed by atoms with Crippen molar-refractivity contribution in [1.29, 1.82) is 0 Å². The first-order valence-electron chi connectivity index (χ1n) is 10.3. The molecule has 5 rings (SSSR count). The minimum absolute atomic E-state index is 0.109. The molecule has 0 aromatic carbocycles. The van der Waals surface area contributed by atoms with Gasteiger partial charge in [0.25, 0.3) is 0 Å². The fourth-order valence-electron chi connectivity index (χ4n) is 4.50. The van der Waals surface area contributed by atoms with E-state index in [0.29, 0.717) is 25.6 Å². The average molecular weight is 395 g/mol. The quantitative estimate of drug-likeness (QED) is 0.834. The molecule has 0 unspecified atom stereocenters. The number of carbonyl (C=O) groups excluding carboxylic acids is 1. The van der Waals surface area contributed by atoms with Gasteiger partial charge in [0.1, 0.15) is 5.82 Å². The number of ether oxygens (including phenoxy) is 1. The zero-order valence-electron chi connectivity index (χ0n) is 16.4. The lowest BCUT2D eigenvalue weighted by atomic mass is 9.94. The maximum Gasteiger partial charge on any atom is 0.233 e. The Bertz CT molecular complexity index is 906. The Labute approximate surface area is 169 Å². The number of rotatable bonds is 3. The van der Waals surface area contributed by atoms with E-state index >= 15 is 0 Å². The van der Waals surface area contributed by atoms with Crippen LogP contribution in [0.1, 0.15) is 37.7 Å². The molecule has 2 aromatic heterocycles. The van der Waals surface area contributed by atoms with Crippen LogP contribution in [-0.4, -0.2) is 58.2 Å². The number of fused-ring (bicyclic) bond motifs is 1. The molecule has 0 spiro atoms. The van der Waals surface area contributed by atoms with Gasteiger partial charge in [-0.3, -0.25) is 9.69 Å². The van der Waals surface area contributed by atoms with Crippen molar-refractivity contribution >= 4 is 23.6 Å². The first kappa shape index (κ1) is 18.2. The summed E-state index contributed by atoms with van der Waals surface area (Å²) >= 11 is 0. The molecule has 0 radical (unpaired) electrons. The Kier molecular flexibility index (Phi) is 4.75. The Hall–Kier alpha value is -2.81. The molecule has 152 valence electrons. The molecule has 1 amide bonds. The molecule has 29 heavy (non-hydrogen) atoms. The predicted molar refractivity (Wildman–Crippen MR) is 109 cm³/mol. The molecule has 1 saturated carbocycles. The number of aromatic nitrogens is 4. The molecule has 1 aliphatic carbocycles. The molecule has 2 fully saturated rings. The number of nitrogens with two attached hydrogens (primary N) is 1. The lowest BCUT2D eigenvalue weighted by molar-refractivity contribution is -0.118. The number of amides is 1. The Morgan fingerprint density at radius 1 is 1.03 bits per heavy atom. The van der Waals surface area contributed by atoms with E-state index in [9.17, 15) is 4.79 Å². The molecule has 9 heteroatoms. The van der Waals surface area contributed by atoms with Crippen molar-refractivity contribution in [1.82, 2.24) is 19.9 Å². The maximum atomic E-state index is 13.0. The van der Waals surface area contributed by atoms with Crippen LogP contribution in [0.15, 0.2) is 12.4 Å². The molecule has 2 N–H and O–H groups in total. The third-order valence-corrected chi connectivity index (χ3v) is 5.98. The SMILES string of the molecule is Nc1ncc(-c2nc(N3CCOCC3)nc3c2CC(=O)N3C2CCCCC2)cn1. The Balaban J connectivity index is 1.62. The largest absolute Gasteiger partial charge is 0.378 e. The van der Waals surface area contributed by atoms with Gasteiger partial charge >= 0.3 is 0 Å². The van der Waals surface area contributed by atoms with E-state index in [4.69, 9.17) is 20.4 Å². The molecule has 4 heterocycles. The highest BCUT2D eigenvalue weighted by molar-refractivity contribution is 6.03. The highest BCUT2D eigenvalue weighted by Crippen LogP contribution is 2.39. The van der Waals surface area contributed by atoms with E-state index in [1.54, 1.807) is 12.4 Å². The highest BCUT2D eigenvalue weighted by atomic mass is 16.5. The summed E-state index contributed by atoms with van der Waals surface area (Å²) in [4.78, 5) is 35.1. The van der Waals surface area contributed by atoms with E-state index in [2.05, 4.69) is 14.9 Å². The molecular weight excluding hydrogens is 370 g/mol. The molecule has 1 saturated heterocycles. The van der Waals surface area contributed by atoms with Gasteiger partial charge < -0.3 is 15.4 Å². The normalized spacial score (nSPS) is 20.2. The zero-order chi connectivity index (χ0) is 19.8.